The predicted molar refractivity (Wildman–Crippen MR) is 87.6 cm³/mol. The molecule has 3 rings (SSSR count). The van der Waals surface area contributed by atoms with Crippen LogP contribution in [-0.4, -0.2) is 29.1 Å². The van der Waals surface area contributed by atoms with E-state index < -0.39 is 5.79 Å². The Morgan fingerprint density at radius 3 is 2.30 bits per heavy atom. The number of hydrogen-bond donors (Lipinski definition) is 1. The lowest BCUT2D eigenvalue weighted by atomic mass is 9.58. The Bertz CT molecular complexity index is 514. The van der Waals surface area contributed by atoms with Crippen molar-refractivity contribution in [1.29, 1.82) is 0 Å². The highest BCUT2D eigenvalue weighted by atomic mass is 16.7. The summed E-state index contributed by atoms with van der Waals surface area (Å²) >= 11 is 0. The lowest BCUT2D eigenvalue weighted by Crippen LogP contribution is -2.66. The first-order chi connectivity index (χ1) is 10.3. The molecule has 2 aliphatic carbocycles. The fourth-order valence-electron chi connectivity index (χ4n) is 4.90. The molecule has 1 heterocycles. The van der Waals surface area contributed by atoms with E-state index in [1.165, 1.54) is 0 Å². The van der Waals surface area contributed by atoms with Crippen LogP contribution in [-0.2, 0) is 14.3 Å². The average Bonchev–Trinajstić information content (AvgIpc) is 2.77. The number of esters is 1. The lowest BCUT2D eigenvalue weighted by molar-refractivity contribution is -0.319. The summed E-state index contributed by atoms with van der Waals surface area (Å²) in [4.78, 5) is 12.9. The van der Waals surface area contributed by atoms with Crippen molar-refractivity contribution in [3.63, 3.8) is 0 Å². The summed E-state index contributed by atoms with van der Waals surface area (Å²) in [5, 5.41) is 10.3. The third-order valence-corrected chi connectivity index (χ3v) is 6.13. The van der Waals surface area contributed by atoms with Gasteiger partial charge >= 0.3 is 5.97 Å². The van der Waals surface area contributed by atoms with Crippen molar-refractivity contribution in [2.24, 2.45) is 28.1 Å². The van der Waals surface area contributed by atoms with Crippen LogP contribution in [0.15, 0.2) is 0 Å². The molecule has 2 saturated carbocycles. The average molecular weight is 324 g/mol. The van der Waals surface area contributed by atoms with Gasteiger partial charge in [0.25, 0.3) is 0 Å². The van der Waals surface area contributed by atoms with Crippen molar-refractivity contribution in [2.75, 3.05) is 0 Å². The number of carbonyl (C=O) groups excluding carboxylic acids is 1. The van der Waals surface area contributed by atoms with E-state index in [-0.39, 0.29) is 40.3 Å². The summed E-state index contributed by atoms with van der Waals surface area (Å²) in [7, 11) is 0. The first-order valence-electron chi connectivity index (χ1n) is 8.86. The third kappa shape index (κ3) is 2.72. The van der Waals surface area contributed by atoms with Crippen LogP contribution in [0.4, 0.5) is 0 Å². The van der Waals surface area contributed by atoms with Crippen molar-refractivity contribution < 1.29 is 19.4 Å². The number of carbonyl (C=O) groups is 1. The molecule has 1 saturated heterocycles. The van der Waals surface area contributed by atoms with Gasteiger partial charge in [-0.1, -0.05) is 48.5 Å². The van der Waals surface area contributed by atoms with Crippen molar-refractivity contribution in [3.05, 3.63) is 0 Å². The highest BCUT2D eigenvalue weighted by molar-refractivity contribution is 5.74. The molecular weight excluding hydrogens is 292 g/mol. The first-order valence-corrected chi connectivity index (χ1v) is 8.86. The molecule has 6 atom stereocenters. The largest absolute Gasteiger partial charge is 0.459 e. The van der Waals surface area contributed by atoms with Crippen LogP contribution < -0.4 is 0 Å². The van der Waals surface area contributed by atoms with Gasteiger partial charge < -0.3 is 14.6 Å². The van der Waals surface area contributed by atoms with Gasteiger partial charge in [0.2, 0.25) is 0 Å². The van der Waals surface area contributed by atoms with Gasteiger partial charge in [-0.15, -0.1) is 0 Å². The Morgan fingerprint density at radius 2 is 1.91 bits per heavy atom. The Kier molecular flexibility index (Phi) is 3.54. The van der Waals surface area contributed by atoms with Crippen LogP contribution in [0.25, 0.3) is 0 Å². The van der Waals surface area contributed by atoms with Gasteiger partial charge in [-0.3, -0.25) is 4.79 Å². The Balaban J connectivity index is 1.71. The molecule has 2 bridgehead atoms. The third-order valence-electron chi connectivity index (χ3n) is 6.13. The summed E-state index contributed by atoms with van der Waals surface area (Å²) in [6, 6.07) is 0. The van der Waals surface area contributed by atoms with Gasteiger partial charge in [-0.25, -0.2) is 0 Å². The molecule has 0 radical (unpaired) electrons. The molecule has 6 unspecified atom stereocenters. The fraction of sp³-hybridized carbons (Fsp3) is 0.947. The monoisotopic (exact) mass is 324 g/mol. The topological polar surface area (TPSA) is 55.8 Å². The molecule has 3 aliphatic rings. The number of aliphatic hydroxyl groups is 1. The predicted octanol–water partition coefficient (Wildman–Crippen LogP) is 3.51. The van der Waals surface area contributed by atoms with Gasteiger partial charge in [0.1, 0.15) is 12.2 Å². The van der Waals surface area contributed by atoms with Gasteiger partial charge in [0.15, 0.2) is 5.79 Å². The highest BCUT2D eigenvalue weighted by Crippen LogP contribution is 2.69. The molecule has 4 heteroatoms. The molecule has 1 aliphatic heterocycles. The summed E-state index contributed by atoms with van der Waals surface area (Å²) < 4.78 is 11.7. The fourth-order valence-corrected chi connectivity index (χ4v) is 4.90. The quantitative estimate of drug-likeness (QED) is 0.807. The van der Waals surface area contributed by atoms with E-state index >= 15 is 0 Å². The van der Waals surface area contributed by atoms with Crippen LogP contribution >= 0.6 is 0 Å². The smallest absolute Gasteiger partial charge is 0.309 e. The van der Waals surface area contributed by atoms with E-state index in [2.05, 4.69) is 48.5 Å². The Morgan fingerprint density at radius 1 is 1.30 bits per heavy atom. The zero-order valence-corrected chi connectivity index (χ0v) is 15.6. The molecule has 0 aromatic heterocycles. The molecule has 132 valence electrons. The molecule has 0 amide bonds. The molecule has 0 aromatic rings. The zero-order chi connectivity index (χ0) is 17.4. The maximum absolute atomic E-state index is 12.9. The molecule has 0 aromatic carbocycles. The minimum Gasteiger partial charge on any atom is -0.459 e. The van der Waals surface area contributed by atoms with Crippen molar-refractivity contribution in [3.8, 4) is 0 Å². The number of rotatable bonds is 3. The Hall–Kier alpha value is -0.610. The maximum atomic E-state index is 12.9. The van der Waals surface area contributed by atoms with Gasteiger partial charge in [-0.2, -0.15) is 0 Å². The molecule has 3 fully saturated rings. The minimum absolute atomic E-state index is 0.0730. The van der Waals surface area contributed by atoms with E-state index in [9.17, 15) is 9.90 Å². The van der Waals surface area contributed by atoms with Crippen molar-refractivity contribution in [1.82, 2.24) is 0 Å². The zero-order valence-electron chi connectivity index (χ0n) is 15.6. The van der Waals surface area contributed by atoms with E-state index in [1.807, 2.05) is 0 Å². The van der Waals surface area contributed by atoms with Crippen LogP contribution in [0.3, 0.4) is 0 Å². The molecule has 1 N–H and O–H groups in total. The lowest BCUT2D eigenvalue weighted by Gasteiger charge is -2.57. The van der Waals surface area contributed by atoms with Crippen molar-refractivity contribution in [2.45, 2.75) is 85.7 Å². The maximum Gasteiger partial charge on any atom is 0.309 e. The first kappa shape index (κ1) is 17.2. The van der Waals surface area contributed by atoms with Crippen LogP contribution in [0.5, 0.6) is 0 Å². The second kappa shape index (κ2) is 4.72. The Labute approximate surface area is 139 Å². The van der Waals surface area contributed by atoms with Crippen molar-refractivity contribution >= 4 is 5.97 Å². The summed E-state index contributed by atoms with van der Waals surface area (Å²) in [6.45, 7) is 14.9. The van der Waals surface area contributed by atoms with Crippen LogP contribution in [0, 0.1) is 28.1 Å². The van der Waals surface area contributed by atoms with Gasteiger partial charge in [0, 0.05) is 24.2 Å². The second-order valence-electron chi connectivity index (χ2n) is 10.6. The summed E-state index contributed by atoms with van der Waals surface area (Å²) in [6.07, 6.45) is 1.76. The van der Waals surface area contributed by atoms with E-state index in [4.69, 9.17) is 9.47 Å². The van der Waals surface area contributed by atoms with Gasteiger partial charge in [-0.05, 0) is 17.3 Å². The summed E-state index contributed by atoms with van der Waals surface area (Å²) in [5.74, 6) is -0.878. The van der Waals surface area contributed by atoms with Crippen LogP contribution in [0.2, 0.25) is 0 Å². The van der Waals surface area contributed by atoms with E-state index in [0.29, 0.717) is 18.8 Å². The van der Waals surface area contributed by atoms with Gasteiger partial charge in [0.05, 0.1) is 5.92 Å². The van der Waals surface area contributed by atoms with Crippen LogP contribution in [0.1, 0.15) is 67.7 Å². The number of fused-ring (bicyclic) bond motifs is 1. The molecular formula is C19H32O4. The molecule has 0 spiro atoms. The second-order valence-corrected chi connectivity index (χ2v) is 10.6. The van der Waals surface area contributed by atoms with E-state index in [0.717, 1.165) is 6.42 Å². The molecule has 4 nitrogen and oxygen atoms in total. The minimum atomic E-state index is -0.970. The standard InChI is InChI=1S/C19H32O4/c1-16(2,3)8-12(17(4,5)6)15(20)22-14-13-11-9-19(21,23-13)10-18(11,14)7/h11-14,21H,8-10H2,1-7H3. The summed E-state index contributed by atoms with van der Waals surface area (Å²) in [5.41, 5.74) is -0.174. The number of ether oxygens (including phenoxy) is 2. The number of hydrogen-bond acceptors (Lipinski definition) is 4. The van der Waals surface area contributed by atoms with E-state index in [1.54, 1.807) is 0 Å². The molecule has 23 heavy (non-hydrogen) atoms. The highest BCUT2D eigenvalue weighted by Gasteiger charge is 2.76. The SMILES string of the molecule is CC(C)(C)CC(C(=O)OC1C2OC3(O)CC2C1(C)C3)C(C)(C)C. The normalized spacial score (nSPS) is 43.2.